The predicted octanol–water partition coefficient (Wildman–Crippen LogP) is 0.687. The number of esters is 1. The molecule has 1 heterocycles. The lowest BCUT2D eigenvalue weighted by molar-refractivity contribution is -0.293. The van der Waals surface area contributed by atoms with E-state index in [2.05, 4.69) is 11.7 Å². The summed E-state index contributed by atoms with van der Waals surface area (Å²) in [5, 5.41) is 52.7. The molecule has 5 aliphatic rings. The molecule has 38 heavy (non-hydrogen) atoms. The lowest BCUT2D eigenvalue weighted by Gasteiger charge is -2.61. The van der Waals surface area contributed by atoms with E-state index in [0.29, 0.717) is 24.2 Å². The number of Topliss-reactive ketones (excluding diaryl/α,β-unsaturated/α-hetero) is 1. The van der Waals surface area contributed by atoms with E-state index in [1.165, 1.54) is 0 Å². The summed E-state index contributed by atoms with van der Waals surface area (Å²) in [6, 6.07) is 0. The average Bonchev–Trinajstić information content (AvgIpc) is 3.18. The molecule has 0 aromatic heterocycles. The first-order valence-corrected chi connectivity index (χ1v) is 14.2. The number of aliphatic hydroxyl groups excluding tert-OH is 4. The summed E-state index contributed by atoms with van der Waals surface area (Å²) in [5.41, 5.74) is -2.02. The van der Waals surface area contributed by atoms with E-state index < -0.39 is 60.1 Å². The average molecular weight is 541 g/mol. The van der Waals surface area contributed by atoms with Crippen LogP contribution in [-0.2, 0) is 23.8 Å². The van der Waals surface area contributed by atoms with Gasteiger partial charge in [0.15, 0.2) is 18.2 Å². The molecule has 0 unspecified atom stereocenters. The third-order valence-corrected chi connectivity index (χ3v) is 11.6. The third kappa shape index (κ3) is 4.17. The number of fused-ring (bicyclic) bond motifs is 5. The van der Waals surface area contributed by atoms with E-state index in [4.69, 9.17) is 9.47 Å². The molecule has 0 aromatic rings. The van der Waals surface area contributed by atoms with Crippen molar-refractivity contribution in [1.82, 2.24) is 0 Å². The maximum absolute atomic E-state index is 13.5. The SMILES string of the molecule is COC(=O)[C@@H]1O[C@H](OCC(=O)[C@@]2(O)CC[C@H]3[C@@H]4CC[C@H]5C[C@@H](O)CC[C@]5(C)[C@H]4CC[C@@]32C)[C@H](O)[C@H](O)[C@@H]1O. The van der Waals surface area contributed by atoms with Crippen molar-refractivity contribution in [2.45, 2.75) is 114 Å². The lowest BCUT2D eigenvalue weighted by Crippen LogP contribution is -2.61. The lowest BCUT2D eigenvalue weighted by atomic mass is 9.44. The molecule has 1 aliphatic heterocycles. The van der Waals surface area contributed by atoms with Crippen LogP contribution in [0.5, 0.6) is 0 Å². The first-order valence-electron chi connectivity index (χ1n) is 14.2. The Hall–Kier alpha value is -1.14. The molecule has 4 aliphatic carbocycles. The Morgan fingerprint density at radius 1 is 0.895 bits per heavy atom. The summed E-state index contributed by atoms with van der Waals surface area (Å²) in [7, 11) is 1.10. The van der Waals surface area contributed by atoms with Gasteiger partial charge in [0.25, 0.3) is 0 Å². The van der Waals surface area contributed by atoms with Gasteiger partial charge in [0.2, 0.25) is 0 Å². The zero-order chi connectivity index (χ0) is 27.6. The minimum Gasteiger partial charge on any atom is -0.467 e. The minimum absolute atomic E-state index is 0.188. The first kappa shape index (κ1) is 28.4. The summed E-state index contributed by atoms with van der Waals surface area (Å²) in [5.74, 6) is 0.227. The van der Waals surface area contributed by atoms with Crippen LogP contribution in [0.1, 0.15) is 71.6 Å². The molecule has 216 valence electrons. The van der Waals surface area contributed by atoms with Crippen molar-refractivity contribution < 1.29 is 49.3 Å². The Labute approximate surface area is 223 Å². The summed E-state index contributed by atoms with van der Waals surface area (Å²) in [6.45, 7) is 3.85. The number of carbonyl (C=O) groups is 2. The number of aliphatic hydroxyl groups is 5. The van der Waals surface area contributed by atoms with E-state index in [0.717, 1.165) is 58.5 Å². The van der Waals surface area contributed by atoms with Gasteiger partial charge in [-0.25, -0.2) is 4.79 Å². The molecule has 10 heteroatoms. The van der Waals surface area contributed by atoms with Gasteiger partial charge in [-0.2, -0.15) is 0 Å². The maximum atomic E-state index is 13.5. The second kappa shape index (κ2) is 10.0. The third-order valence-electron chi connectivity index (χ3n) is 11.6. The van der Waals surface area contributed by atoms with Crippen LogP contribution in [0.3, 0.4) is 0 Å². The largest absolute Gasteiger partial charge is 0.467 e. The standard InChI is InChI=1S/C28H44O10/c1-26-9-6-15(29)12-14(26)4-5-16-17(26)7-10-27(2)18(16)8-11-28(27,35)19(30)13-37-25-22(33)20(31)21(32)23(38-25)24(34)36-3/h14-18,20-23,25,29,31-33,35H,4-13H2,1-3H3/t14-,15-,16+,17-,18-,20+,21-,22+,23+,25-,26-,27-,28-/m0/s1. The fourth-order valence-corrected chi connectivity index (χ4v) is 9.28. The van der Waals surface area contributed by atoms with Gasteiger partial charge >= 0.3 is 5.97 Å². The number of ether oxygens (including phenoxy) is 3. The minimum atomic E-state index is -1.74. The number of carbonyl (C=O) groups excluding carboxylic acids is 2. The molecule has 0 aromatic carbocycles. The molecule has 0 amide bonds. The van der Waals surface area contributed by atoms with Crippen molar-refractivity contribution in [2.24, 2.45) is 34.5 Å². The molecule has 0 bridgehead atoms. The highest BCUT2D eigenvalue weighted by Gasteiger charge is 2.66. The Kier molecular flexibility index (Phi) is 7.51. The predicted molar refractivity (Wildman–Crippen MR) is 132 cm³/mol. The fraction of sp³-hybridized carbons (Fsp3) is 0.929. The molecule has 5 fully saturated rings. The molecule has 5 rings (SSSR count). The molecule has 4 saturated carbocycles. The van der Waals surface area contributed by atoms with Crippen molar-refractivity contribution in [3.63, 3.8) is 0 Å². The quantitative estimate of drug-likeness (QED) is 0.314. The molecule has 1 saturated heterocycles. The number of hydrogen-bond donors (Lipinski definition) is 5. The highest BCUT2D eigenvalue weighted by atomic mass is 16.7. The van der Waals surface area contributed by atoms with Gasteiger partial charge in [-0.1, -0.05) is 13.8 Å². The van der Waals surface area contributed by atoms with Crippen LogP contribution in [0, 0.1) is 34.5 Å². The molecule has 5 N–H and O–H groups in total. The van der Waals surface area contributed by atoms with Crippen LogP contribution in [0.25, 0.3) is 0 Å². The normalized spacial score (nSPS) is 52.4. The van der Waals surface area contributed by atoms with Crippen molar-refractivity contribution in [1.29, 1.82) is 0 Å². The molecule has 13 atom stereocenters. The maximum Gasteiger partial charge on any atom is 0.337 e. The number of ketones is 1. The molecule has 0 radical (unpaired) electrons. The Morgan fingerprint density at radius 3 is 2.32 bits per heavy atom. The van der Waals surface area contributed by atoms with E-state index in [-0.39, 0.29) is 17.4 Å². The van der Waals surface area contributed by atoms with Crippen molar-refractivity contribution in [3.05, 3.63) is 0 Å². The topological polar surface area (TPSA) is 163 Å². The smallest absolute Gasteiger partial charge is 0.337 e. The van der Waals surface area contributed by atoms with E-state index in [1.54, 1.807) is 0 Å². The second-order valence-corrected chi connectivity index (χ2v) is 13.1. The van der Waals surface area contributed by atoms with Gasteiger partial charge in [-0.15, -0.1) is 0 Å². The van der Waals surface area contributed by atoms with Crippen LogP contribution in [0.2, 0.25) is 0 Å². The summed E-state index contributed by atoms with van der Waals surface area (Å²) in [6.07, 6.45) is -0.873. The summed E-state index contributed by atoms with van der Waals surface area (Å²) < 4.78 is 15.4. The highest BCUT2D eigenvalue weighted by Crippen LogP contribution is 2.68. The number of rotatable bonds is 5. The highest BCUT2D eigenvalue weighted by molar-refractivity contribution is 5.89. The van der Waals surface area contributed by atoms with Crippen molar-refractivity contribution in [2.75, 3.05) is 13.7 Å². The number of hydrogen-bond acceptors (Lipinski definition) is 10. The Bertz CT molecular complexity index is 927. The van der Waals surface area contributed by atoms with Gasteiger partial charge in [0.05, 0.1) is 13.2 Å². The van der Waals surface area contributed by atoms with Gasteiger partial charge in [0.1, 0.15) is 30.5 Å². The van der Waals surface area contributed by atoms with Crippen LogP contribution in [-0.4, -0.2) is 93.4 Å². The van der Waals surface area contributed by atoms with Crippen LogP contribution in [0.15, 0.2) is 0 Å². The fourth-order valence-electron chi connectivity index (χ4n) is 9.28. The second-order valence-electron chi connectivity index (χ2n) is 13.1. The molecular formula is C28H44O10. The van der Waals surface area contributed by atoms with Gasteiger partial charge in [-0.05, 0) is 86.9 Å². The first-order chi connectivity index (χ1) is 17.9. The summed E-state index contributed by atoms with van der Waals surface area (Å²) in [4.78, 5) is 25.5. The molecule has 0 spiro atoms. The van der Waals surface area contributed by atoms with Gasteiger partial charge in [-0.3, -0.25) is 4.79 Å². The van der Waals surface area contributed by atoms with Crippen LogP contribution < -0.4 is 0 Å². The van der Waals surface area contributed by atoms with Crippen LogP contribution >= 0.6 is 0 Å². The zero-order valence-corrected chi connectivity index (χ0v) is 22.6. The van der Waals surface area contributed by atoms with Crippen LogP contribution in [0.4, 0.5) is 0 Å². The Balaban J connectivity index is 1.28. The Morgan fingerprint density at radius 2 is 1.61 bits per heavy atom. The number of methoxy groups -OCH3 is 1. The molecule has 10 nitrogen and oxygen atoms in total. The molecular weight excluding hydrogens is 496 g/mol. The van der Waals surface area contributed by atoms with Crippen molar-refractivity contribution in [3.8, 4) is 0 Å². The van der Waals surface area contributed by atoms with E-state index in [9.17, 15) is 35.1 Å². The monoisotopic (exact) mass is 540 g/mol. The van der Waals surface area contributed by atoms with E-state index in [1.807, 2.05) is 6.92 Å². The summed E-state index contributed by atoms with van der Waals surface area (Å²) >= 11 is 0. The van der Waals surface area contributed by atoms with Gasteiger partial charge in [0, 0.05) is 5.41 Å². The van der Waals surface area contributed by atoms with E-state index >= 15 is 0 Å². The van der Waals surface area contributed by atoms with Gasteiger partial charge < -0.3 is 39.7 Å². The van der Waals surface area contributed by atoms with Crippen molar-refractivity contribution >= 4 is 11.8 Å². The zero-order valence-electron chi connectivity index (χ0n) is 22.6.